The van der Waals surface area contributed by atoms with Gasteiger partial charge in [0.25, 0.3) is 0 Å². The molecule has 1 fully saturated rings. The van der Waals surface area contributed by atoms with Crippen molar-refractivity contribution in [3.8, 4) is 16.9 Å². The Morgan fingerprint density at radius 3 is 2.50 bits per heavy atom. The summed E-state index contributed by atoms with van der Waals surface area (Å²) in [6, 6.07) is 12.5. The van der Waals surface area contributed by atoms with Gasteiger partial charge in [0, 0.05) is 31.9 Å². The van der Waals surface area contributed by atoms with E-state index in [0.717, 1.165) is 17.7 Å². The summed E-state index contributed by atoms with van der Waals surface area (Å²) in [6.07, 6.45) is 2.07. The number of rotatable bonds is 8. The lowest BCUT2D eigenvalue weighted by atomic mass is 9.74. The minimum atomic E-state index is -0.456. The summed E-state index contributed by atoms with van der Waals surface area (Å²) in [5, 5.41) is 3.11. The van der Waals surface area contributed by atoms with E-state index in [1.807, 2.05) is 38.4 Å². The van der Waals surface area contributed by atoms with Gasteiger partial charge in [-0.05, 0) is 62.7 Å². The zero-order valence-corrected chi connectivity index (χ0v) is 18.0. The van der Waals surface area contributed by atoms with Gasteiger partial charge in [0.15, 0.2) is 0 Å². The molecule has 0 unspecified atom stereocenters. The van der Waals surface area contributed by atoms with Crippen LogP contribution in [0.15, 0.2) is 42.5 Å². The third-order valence-electron chi connectivity index (χ3n) is 5.75. The highest BCUT2D eigenvalue weighted by Gasteiger charge is 2.39. The van der Waals surface area contributed by atoms with Gasteiger partial charge >= 0.3 is 0 Å². The first-order valence-electron chi connectivity index (χ1n) is 10.4. The smallest absolute Gasteiger partial charge is 0.226 e. The Hall–Kier alpha value is -2.44. The fraction of sp³-hybridized carbons (Fsp3) is 0.458. The monoisotopic (exact) mass is 414 g/mol. The molecule has 5 nitrogen and oxygen atoms in total. The zero-order valence-electron chi connectivity index (χ0n) is 18.0. The number of methoxy groups -OCH3 is 1. The van der Waals surface area contributed by atoms with E-state index >= 15 is 0 Å². The molecular formula is C24H31FN2O3. The number of benzene rings is 2. The molecule has 2 aromatic carbocycles. The molecule has 1 aliphatic heterocycles. The number of nitrogens with zero attached hydrogens (tertiary/aromatic N) is 1. The molecule has 2 aromatic rings. The topological polar surface area (TPSA) is 50.8 Å². The molecule has 1 amide bonds. The number of ether oxygens (including phenoxy) is 2. The Morgan fingerprint density at radius 2 is 1.87 bits per heavy atom. The predicted molar refractivity (Wildman–Crippen MR) is 116 cm³/mol. The zero-order chi connectivity index (χ0) is 21.6. The van der Waals surface area contributed by atoms with Gasteiger partial charge in [0.05, 0.1) is 12.5 Å². The Balaban J connectivity index is 1.77. The summed E-state index contributed by atoms with van der Waals surface area (Å²) in [5.74, 6) is 0.430. The van der Waals surface area contributed by atoms with Crippen LogP contribution in [-0.4, -0.2) is 58.3 Å². The SMILES string of the molecule is COc1ccc(F)cc1-c1ccc(CC2(C(=O)NCCN(C)C)CCOCC2)cc1. The second-order valence-electron chi connectivity index (χ2n) is 8.17. The minimum absolute atomic E-state index is 0.100. The molecule has 3 rings (SSSR count). The number of hydrogen-bond acceptors (Lipinski definition) is 4. The Labute approximate surface area is 178 Å². The summed E-state index contributed by atoms with van der Waals surface area (Å²) < 4.78 is 24.6. The lowest BCUT2D eigenvalue weighted by Gasteiger charge is -2.36. The second-order valence-corrected chi connectivity index (χ2v) is 8.17. The van der Waals surface area contributed by atoms with Crippen molar-refractivity contribution in [1.82, 2.24) is 10.2 Å². The summed E-state index contributed by atoms with van der Waals surface area (Å²) >= 11 is 0. The van der Waals surface area contributed by atoms with Gasteiger partial charge < -0.3 is 19.7 Å². The minimum Gasteiger partial charge on any atom is -0.496 e. The van der Waals surface area contributed by atoms with Crippen LogP contribution in [-0.2, 0) is 16.0 Å². The fourth-order valence-electron chi connectivity index (χ4n) is 3.93. The van der Waals surface area contributed by atoms with Gasteiger partial charge in [-0.25, -0.2) is 4.39 Å². The van der Waals surface area contributed by atoms with E-state index in [-0.39, 0.29) is 11.7 Å². The number of nitrogens with one attached hydrogen (secondary N) is 1. The van der Waals surface area contributed by atoms with Gasteiger partial charge in [-0.2, -0.15) is 0 Å². The lowest BCUT2D eigenvalue weighted by Crippen LogP contribution is -2.47. The van der Waals surface area contributed by atoms with Crippen LogP contribution in [0.1, 0.15) is 18.4 Å². The van der Waals surface area contributed by atoms with E-state index < -0.39 is 5.41 Å². The summed E-state index contributed by atoms with van der Waals surface area (Å²) in [5.41, 5.74) is 2.22. The van der Waals surface area contributed by atoms with Crippen molar-refractivity contribution in [2.45, 2.75) is 19.3 Å². The van der Waals surface area contributed by atoms with E-state index in [0.29, 0.717) is 50.3 Å². The van der Waals surface area contributed by atoms with Crippen LogP contribution in [0.5, 0.6) is 5.75 Å². The second kappa shape index (κ2) is 10.0. The first kappa shape index (κ1) is 22.2. The average molecular weight is 415 g/mol. The number of carbonyl (C=O) groups excluding carboxylic acids is 1. The molecule has 0 aromatic heterocycles. The van der Waals surface area contributed by atoms with Gasteiger partial charge in [-0.1, -0.05) is 24.3 Å². The molecule has 0 atom stereocenters. The quantitative estimate of drug-likeness (QED) is 0.718. The Morgan fingerprint density at radius 1 is 1.17 bits per heavy atom. The van der Waals surface area contributed by atoms with Gasteiger partial charge in [-0.15, -0.1) is 0 Å². The van der Waals surface area contributed by atoms with Gasteiger partial charge in [0.1, 0.15) is 11.6 Å². The van der Waals surface area contributed by atoms with Crippen LogP contribution in [0.25, 0.3) is 11.1 Å². The maximum absolute atomic E-state index is 13.7. The normalized spacial score (nSPS) is 15.8. The van der Waals surface area contributed by atoms with Crippen LogP contribution in [0, 0.1) is 11.2 Å². The van der Waals surface area contributed by atoms with Crippen LogP contribution in [0.4, 0.5) is 4.39 Å². The average Bonchev–Trinajstić information content (AvgIpc) is 2.74. The standard InChI is InChI=1S/C24H31FN2O3/c1-27(2)13-12-26-23(28)24(10-14-30-15-11-24)17-18-4-6-19(7-5-18)21-16-20(25)8-9-22(21)29-3/h4-9,16H,10-15,17H2,1-3H3,(H,26,28). The van der Waals surface area contributed by atoms with Crippen molar-refractivity contribution >= 4 is 5.91 Å². The predicted octanol–water partition coefficient (Wildman–Crippen LogP) is 3.52. The molecule has 30 heavy (non-hydrogen) atoms. The van der Waals surface area contributed by atoms with Crippen molar-refractivity contribution in [3.63, 3.8) is 0 Å². The molecule has 0 saturated carbocycles. The number of hydrogen-bond donors (Lipinski definition) is 1. The Kier molecular flexibility index (Phi) is 7.45. The molecule has 6 heteroatoms. The number of likely N-dealkylation sites (N-methyl/N-ethyl adjacent to an activating group) is 1. The molecule has 1 N–H and O–H groups in total. The number of halogens is 1. The third-order valence-corrected chi connectivity index (χ3v) is 5.75. The first-order chi connectivity index (χ1) is 14.4. The summed E-state index contributed by atoms with van der Waals surface area (Å²) in [7, 11) is 5.56. The highest BCUT2D eigenvalue weighted by atomic mass is 19.1. The van der Waals surface area contributed by atoms with E-state index in [1.165, 1.54) is 12.1 Å². The van der Waals surface area contributed by atoms with Crippen molar-refractivity contribution in [1.29, 1.82) is 0 Å². The lowest BCUT2D eigenvalue weighted by molar-refractivity contribution is -0.136. The molecule has 162 valence electrons. The fourth-order valence-corrected chi connectivity index (χ4v) is 3.93. The molecule has 0 bridgehead atoms. The van der Waals surface area contributed by atoms with Gasteiger partial charge in [0.2, 0.25) is 5.91 Å². The van der Waals surface area contributed by atoms with E-state index in [1.54, 1.807) is 13.2 Å². The molecule has 1 heterocycles. The maximum atomic E-state index is 13.7. The molecule has 0 spiro atoms. The largest absolute Gasteiger partial charge is 0.496 e. The van der Waals surface area contributed by atoms with Crippen molar-refractivity contribution in [3.05, 3.63) is 53.8 Å². The van der Waals surface area contributed by atoms with E-state index in [4.69, 9.17) is 9.47 Å². The first-order valence-corrected chi connectivity index (χ1v) is 10.4. The summed E-state index contributed by atoms with van der Waals surface area (Å²) in [4.78, 5) is 15.1. The number of amides is 1. The maximum Gasteiger partial charge on any atom is 0.226 e. The van der Waals surface area contributed by atoms with Gasteiger partial charge in [-0.3, -0.25) is 4.79 Å². The Bertz CT molecular complexity index is 846. The molecule has 1 saturated heterocycles. The molecule has 1 aliphatic rings. The van der Waals surface area contributed by atoms with Crippen LogP contribution in [0.3, 0.4) is 0 Å². The van der Waals surface area contributed by atoms with E-state index in [9.17, 15) is 9.18 Å². The van der Waals surface area contributed by atoms with Crippen LogP contribution < -0.4 is 10.1 Å². The third kappa shape index (κ3) is 5.37. The highest BCUT2D eigenvalue weighted by molar-refractivity contribution is 5.83. The summed E-state index contributed by atoms with van der Waals surface area (Å²) in [6.45, 7) is 2.63. The number of carbonyl (C=O) groups is 1. The van der Waals surface area contributed by atoms with Crippen molar-refractivity contribution < 1.29 is 18.7 Å². The van der Waals surface area contributed by atoms with Crippen molar-refractivity contribution in [2.24, 2.45) is 5.41 Å². The molecule has 0 aliphatic carbocycles. The van der Waals surface area contributed by atoms with Crippen LogP contribution in [0.2, 0.25) is 0 Å². The molecular weight excluding hydrogens is 383 g/mol. The van der Waals surface area contributed by atoms with Crippen molar-refractivity contribution in [2.75, 3.05) is 47.5 Å². The van der Waals surface area contributed by atoms with E-state index in [2.05, 4.69) is 10.2 Å². The molecule has 0 radical (unpaired) electrons. The van der Waals surface area contributed by atoms with Crippen LogP contribution >= 0.6 is 0 Å². The highest BCUT2D eigenvalue weighted by Crippen LogP contribution is 2.36.